The zero-order valence-corrected chi connectivity index (χ0v) is 6.37. The molecule has 1 aliphatic heterocycles. The Morgan fingerprint density at radius 1 is 1.17 bits per heavy atom. The van der Waals surface area contributed by atoms with Crippen LogP contribution in [0.3, 0.4) is 0 Å². The Hall–Kier alpha value is -1.52. The monoisotopic (exact) mass is 172 g/mol. The lowest BCUT2D eigenvalue weighted by atomic mass is 10.2. The number of carbonyl (C=O) groups excluding carboxylic acids is 2. The second-order valence-corrected chi connectivity index (χ2v) is 2.24. The summed E-state index contributed by atoms with van der Waals surface area (Å²) in [5, 5.41) is 0. The lowest BCUT2D eigenvalue weighted by Crippen LogP contribution is -2.13. The average molecular weight is 172 g/mol. The highest BCUT2D eigenvalue weighted by molar-refractivity contribution is 5.77. The van der Waals surface area contributed by atoms with Crippen molar-refractivity contribution in [3.8, 4) is 0 Å². The molecular formula is C7H8O5. The van der Waals surface area contributed by atoms with Gasteiger partial charge in [-0.2, -0.15) is 0 Å². The Kier molecular flexibility index (Phi) is 2.68. The maximum Gasteiger partial charge on any atom is 0.518 e. The minimum absolute atomic E-state index is 0.0650. The van der Waals surface area contributed by atoms with Crippen LogP contribution in [0.15, 0.2) is 12.2 Å². The zero-order valence-electron chi connectivity index (χ0n) is 6.37. The first-order chi connectivity index (χ1) is 5.68. The summed E-state index contributed by atoms with van der Waals surface area (Å²) in [6.07, 6.45) is -1.61. The van der Waals surface area contributed by atoms with Gasteiger partial charge in [-0.25, -0.2) is 9.59 Å². The molecule has 0 aliphatic carbocycles. The van der Waals surface area contributed by atoms with Crippen molar-refractivity contribution >= 4 is 12.3 Å². The summed E-state index contributed by atoms with van der Waals surface area (Å²) in [5.74, 6) is 0. The van der Waals surface area contributed by atoms with Crippen LogP contribution in [-0.2, 0) is 14.2 Å². The fourth-order valence-electron chi connectivity index (χ4n) is 0.639. The Morgan fingerprint density at radius 2 is 1.83 bits per heavy atom. The molecule has 1 saturated heterocycles. The van der Waals surface area contributed by atoms with Crippen LogP contribution in [0, 0.1) is 0 Å². The Morgan fingerprint density at radius 3 is 2.58 bits per heavy atom. The Bertz CT molecular complexity index is 220. The predicted molar refractivity (Wildman–Crippen MR) is 37.5 cm³/mol. The van der Waals surface area contributed by atoms with Gasteiger partial charge in [-0.05, 0) is 5.57 Å². The molecule has 5 heteroatoms. The first kappa shape index (κ1) is 8.58. The van der Waals surface area contributed by atoms with Crippen molar-refractivity contribution in [1.29, 1.82) is 0 Å². The van der Waals surface area contributed by atoms with Crippen LogP contribution in [0.25, 0.3) is 0 Å². The van der Waals surface area contributed by atoms with E-state index in [0.717, 1.165) is 0 Å². The van der Waals surface area contributed by atoms with Gasteiger partial charge >= 0.3 is 12.3 Å². The lowest BCUT2D eigenvalue weighted by Gasteiger charge is -2.00. The summed E-state index contributed by atoms with van der Waals surface area (Å²) in [7, 11) is 0. The molecule has 1 rings (SSSR count). The van der Waals surface area contributed by atoms with Crippen LogP contribution < -0.4 is 0 Å². The molecule has 66 valence electrons. The molecule has 1 fully saturated rings. The molecule has 1 aliphatic rings. The van der Waals surface area contributed by atoms with Crippen LogP contribution in [0.5, 0.6) is 0 Å². The number of cyclic esters (lactones) is 4. The highest BCUT2D eigenvalue weighted by Gasteiger charge is 2.15. The summed E-state index contributed by atoms with van der Waals surface area (Å²) in [6.45, 7) is 3.82. The quantitative estimate of drug-likeness (QED) is 0.312. The third kappa shape index (κ3) is 2.61. The number of rotatable bonds is 0. The average Bonchev–Trinajstić information content (AvgIpc) is 2.05. The largest absolute Gasteiger partial charge is 0.518 e. The fourth-order valence-corrected chi connectivity index (χ4v) is 0.639. The van der Waals surface area contributed by atoms with Crippen molar-refractivity contribution < 1.29 is 23.8 Å². The van der Waals surface area contributed by atoms with Crippen molar-refractivity contribution in [2.45, 2.75) is 6.42 Å². The van der Waals surface area contributed by atoms with E-state index in [9.17, 15) is 9.59 Å². The van der Waals surface area contributed by atoms with E-state index in [0.29, 0.717) is 12.0 Å². The van der Waals surface area contributed by atoms with Crippen LogP contribution >= 0.6 is 0 Å². The zero-order chi connectivity index (χ0) is 8.97. The molecule has 0 saturated carbocycles. The van der Waals surface area contributed by atoms with Gasteiger partial charge in [0.1, 0.15) is 6.61 Å². The van der Waals surface area contributed by atoms with E-state index in [1.165, 1.54) is 0 Å². The summed E-state index contributed by atoms with van der Waals surface area (Å²) in [5.41, 5.74) is 0.682. The number of hydrogen-bond donors (Lipinski definition) is 0. The van der Waals surface area contributed by atoms with Crippen LogP contribution in [0.1, 0.15) is 6.42 Å². The summed E-state index contributed by atoms with van der Waals surface area (Å²) in [6, 6.07) is 0. The SMILES string of the molecule is C=C1CCOC(=O)OC(=O)OC1. The van der Waals surface area contributed by atoms with E-state index in [2.05, 4.69) is 20.8 Å². The third-order valence-electron chi connectivity index (χ3n) is 1.24. The first-order valence-electron chi connectivity index (χ1n) is 3.36. The van der Waals surface area contributed by atoms with Crippen LogP contribution in [0.2, 0.25) is 0 Å². The fraction of sp³-hybridized carbons (Fsp3) is 0.429. The molecule has 5 nitrogen and oxygen atoms in total. The van der Waals surface area contributed by atoms with Crippen molar-refractivity contribution in [2.24, 2.45) is 0 Å². The van der Waals surface area contributed by atoms with Gasteiger partial charge in [-0.1, -0.05) is 6.58 Å². The Labute approximate surface area is 68.9 Å². The van der Waals surface area contributed by atoms with Gasteiger partial charge in [0.15, 0.2) is 0 Å². The smallest absolute Gasteiger partial charge is 0.434 e. The molecule has 0 spiro atoms. The molecule has 0 amide bonds. The van der Waals surface area contributed by atoms with E-state index in [1.807, 2.05) is 0 Å². The lowest BCUT2D eigenvalue weighted by molar-refractivity contribution is 0.0471. The standard InChI is InChI=1S/C7H8O5/c1-5-2-3-10-6(8)12-7(9)11-4-5/h1-4H2. The molecular weight excluding hydrogens is 164 g/mol. The number of hydrogen-bond acceptors (Lipinski definition) is 5. The van der Waals surface area contributed by atoms with Crippen molar-refractivity contribution in [1.82, 2.24) is 0 Å². The van der Waals surface area contributed by atoms with E-state index in [-0.39, 0.29) is 13.2 Å². The third-order valence-corrected chi connectivity index (χ3v) is 1.24. The van der Waals surface area contributed by atoms with E-state index >= 15 is 0 Å². The second kappa shape index (κ2) is 3.75. The Balaban J connectivity index is 2.52. The van der Waals surface area contributed by atoms with Crippen molar-refractivity contribution in [3.05, 3.63) is 12.2 Å². The second-order valence-electron chi connectivity index (χ2n) is 2.24. The normalized spacial score (nSPS) is 19.5. The molecule has 0 unspecified atom stereocenters. The molecule has 0 atom stereocenters. The highest BCUT2D eigenvalue weighted by Crippen LogP contribution is 2.04. The molecule has 0 radical (unpaired) electrons. The van der Waals surface area contributed by atoms with Crippen LogP contribution in [-0.4, -0.2) is 25.5 Å². The number of ether oxygens (including phenoxy) is 3. The van der Waals surface area contributed by atoms with Crippen molar-refractivity contribution in [3.63, 3.8) is 0 Å². The molecule has 0 aromatic carbocycles. The maximum absolute atomic E-state index is 10.6. The van der Waals surface area contributed by atoms with Crippen LogP contribution in [0.4, 0.5) is 9.59 Å². The van der Waals surface area contributed by atoms with Gasteiger partial charge in [0.2, 0.25) is 0 Å². The molecule has 0 bridgehead atoms. The van der Waals surface area contributed by atoms with Gasteiger partial charge in [0.05, 0.1) is 6.61 Å². The molecule has 0 aromatic rings. The first-order valence-corrected chi connectivity index (χ1v) is 3.36. The predicted octanol–water partition coefficient (Wildman–Crippen LogP) is 1.24. The molecule has 0 aromatic heterocycles. The minimum atomic E-state index is -1.05. The highest BCUT2D eigenvalue weighted by atomic mass is 16.8. The number of carbonyl (C=O) groups is 2. The molecule has 12 heavy (non-hydrogen) atoms. The van der Waals surface area contributed by atoms with Gasteiger partial charge in [-0.3, -0.25) is 0 Å². The maximum atomic E-state index is 10.6. The van der Waals surface area contributed by atoms with Gasteiger partial charge in [-0.15, -0.1) is 0 Å². The minimum Gasteiger partial charge on any atom is -0.434 e. The summed E-state index contributed by atoms with van der Waals surface area (Å²) in [4.78, 5) is 21.1. The van der Waals surface area contributed by atoms with E-state index in [4.69, 9.17) is 0 Å². The van der Waals surface area contributed by atoms with Gasteiger partial charge < -0.3 is 14.2 Å². The summed E-state index contributed by atoms with van der Waals surface area (Å²) >= 11 is 0. The molecule has 0 N–H and O–H groups in total. The van der Waals surface area contributed by atoms with E-state index in [1.54, 1.807) is 0 Å². The van der Waals surface area contributed by atoms with Crippen molar-refractivity contribution in [2.75, 3.05) is 13.2 Å². The van der Waals surface area contributed by atoms with Gasteiger partial charge in [0.25, 0.3) is 0 Å². The summed E-state index contributed by atoms with van der Waals surface area (Å²) < 4.78 is 13.0. The van der Waals surface area contributed by atoms with Gasteiger partial charge in [0, 0.05) is 6.42 Å². The van der Waals surface area contributed by atoms with E-state index < -0.39 is 12.3 Å². The topological polar surface area (TPSA) is 61.8 Å². The molecule has 1 heterocycles.